The number of hydrogen-bond donors (Lipinski definition) is 0. The molecule has 0 heterocycles. The van der Waals surface area contributed by atoms with E-state index in [1.165, 1.54) is 12.7 Å². The Kier molecular flexibility index (Phi) is 7.93. The van der Waals surface area contributed by atoms with E-state index in [1.54, 1.807) is 6.21 Å². The highest BCUT2D eigenvalue weighted by Crippen LogP contribution is 2.29. The number of ether oxygens (including phenoxy) is 2. The van der Waals surface area contributed by atoms with Gasteiger partial charge in [0.25, 0.3) is 0 Å². The summed E-state index contributed by atoms with van der Waals surface area (Å²) in [5, 5.41) is 3.78. The van der Waals surface area contributed by atoms with Gasteiger partial charge >= 0.3 is 0 Å². The highest BCUT2D eigenvalue weighted by atomic mass is 16.6. The van der Waals surface area contributed by atoms with Crippen molar-refractivity contribution < 1.29 is 14.3 Å². The molecule has 4 heteroatoms. The van der Waals surface area contributed by atoms with Gasteiger partial charge in [0.2, 0.25) is 0 Å². The maximum atomic E-state index is 6.14. The highest BCUT2D eigenvalue weighted by Gasteiger charge is 2.11. The largest absolute Gasteiger partial charge is 0.492 e. The van der Waals surface area contributed by atoms with Crippen LogP contribution in [0.2, 0.25) is 0 Å². The van der Waals surface area contributed by atoms with Gasteiger partial charge in [-0.3, -0.25) is 0 Å². The molecule has 0 aromatic heterocycles. The van der Waals surface area contributed by atoms with Gasteiger partial charge in [-0.2, -0.15) is 0 Å². The molecular formula is C23H29NO3. The van der Waals surface area contributed by atoms with E-state index in [9.17, 15) is 0 Å². The van der Waals surface area contributed by atoms with Gasteiger partial charge in [-0.15, -0.1) is 0 Å². The van der Waals surface area contributed by atoms with E-state index < -0.39 is 0 Å². The van der Waals surface area contributed by atoms with E-state index in [0.29, 0.717) is 13.2 Å². The number of rotatable bonds is 9. The lowest BCUT2D eigenvalue weighted by Crippen LogP contribution is -2.09. The summed E-state index contributed by atoms with van der Waals surface area (Å²) in [6.45, 7) is 9.46. The number of oxime groups is 1. The van der Waals surface area contributed by atoms with E-state index in [4.69, 9.17) is 14.3 Å². The second-order valence-electron chi connectivity index (χ2n) is 6.56. The van der Waals surface area contributed by atoms with Gasteiger partial charge < -0.3 is 14.3 Å². The van der Waals surface area contributed by atoms with E-state index in [1.807, 2.05) is 43.3 Å². The molecule has 0 radical (unpaired) electrons. The van der Waals surface area contributed by atoms with Crippen LogP contribution in [0.4, 0.5) is 0 Å². The molecule has 2 aromatic rings. The summed E-state index contributed by atoms with van der Waals surface area (Å²) in [5.74, 6) is 2.09. The van der Waals surface area contributed by atoms with Gasteiger partial charge in [0, 0.05) is 5.92 Å². The molecule has 2 rings (SSSR count). The molecule has 4 nitrogen and oxygen atoms in total. The van der Waals surface area contributed by atoms with E-state index in [-0.39, 0.29) is 5.92 Å². The van der Waals surface area contributed by atoms with Crippen LogP contribution in [0, 0.1) is 13.8 Å². The second kappa shape index (κ2) is 10.4. The lowest BCUT2D eigenvalue weighted by Gasteiger charge is -2.18. The zero-order valence-electron chi connectivity index (χ0n) is 16.9. The molecule has 0 N–H and O–H groups in total. The predicted molar refractivity (Wildman–Crippen MR) is 111 cm³/mol. The van der Waals surface area contributed by atoms with Gasteiger partial charge in [-0.25, -0.2) is 0 Å². The summed E-state index contributed by atoms with van der Waals surface area (Å²) in [4.78, 5) is 4.71. The maximum absolute atomic E-state index is 6.14. The van der Waals surface area contributed by atoms with Crippen LogP contribution >= 0.6 is 0 Å². The third-order valence-electron chi connectivity index (χ3n) is 4.31. The van der Waals surface area contributed by atoms with Gasteiger partial charge in [-0.1, -0.05) is 48.5 Å². The molecule has 0 amide bonds. The SMILES string of the molecule is C/C=C/COc1cc(C)c(OCC(C)c2ccc(/C=N/OC)cc2)c(C)c1. The Morgan fingerprint density at radius 3 is 2.30 bits per heavy atom. The van der Waals surface area contributed by atoms with E-state index in [2.05, 4.69) is 38.1 Å². The Hall–Kier alpha value is -2.75. The molecule has 1 unspecified atom stereocenters. The van der Waals surface area contributed by atoms with E-state index in [0.717, 1.165) is 28.2 Å². The van der Waals surface area contributed by atoms with Crippen LogP contribution in [-0.2, 0) is 4.84 Å². The van der Waals surface area contributed by atoms with Crippen molar-refractivity contribution in [1.29, 1.82) is 0 Å². The third-order valence-corrected chi connectivity index (χ3v) is 4.31. The van der Waals surface area contributed by atoms with Crippen LogP contribution in [-0.4, -0.2) is 26.5 Å². The van der Waals surface area contributed by atoms with Gasteiger partial charge in [0.15, 0.2) is 0 Å². The number of benzene rings is 2. The molecule has 144 valence electrons. The molecule has 27 heavy (non-hydrogen) atoms. The van der Waals surface area contributed by atoms with Crippen molar-refractivity contribution in [1.82, 2.24) is 0 Å². The zero-order valence-corrected chi connectivity index (χ0v) is 16.9. The normalized spacial score (nSPS) is 12.5. The highest BCUT2D eigenvalue weighted by molar-refractivity contribution is 5.79. The number of allylic oxidation sites excluding steroid dienone is 1. The second-order valence-corrected chi connectivity index (χ2v) is 6.56. The molecule has 0 saturated carbocycles. The van der Waals surface area contributed by atoms with E-state index >= 15 is 0 Å². The molecule has 2 aromatic carbocycles. The molecule has 0 aliphatic carbocycles. The first-order valence-corrected chi connectivity index (χ1v) is 9.19. The summed E-state index contributed by atoms with van der Waals surface area (Å²) in [6, 6.07) is 12.3. The van der Waals surface area contributed by atoms with Crippen LogP contribution in [0.1, 0.15) is 42.0 Å². The molecule has 0 saturated heterocycles. The average molecular weight is 367 g/mol. The summed E-state index contributed by atoms with van der Waals surface area (Å²) < 4.78 is 11.9. The minimum atomic E-state index is 0.280. The van der Waals surface area contributed by atoms with Crippen LogP contribution in [0.3, 0.4) is 0 Å². The van der Waals surface area contributed by atoms with Crippen molar-refractivity contribution in [2.24, 2.45) is 5.16 Å². The molecule has 0 aliphatic rings. The third kappa shape index (κ3) is 6.17. The van der Waals surface area contributed by atoms with Crippen molar-refractivity contribution in [2.75, 3.05) is 20.3 Å². The Labute approximate surface area is 162 Å². The minimum absolute atomic E-state index is 0.280. The minimum Gasteiger partial charge on any atom is -0.492 e. The molecule has 0 fully saturated rings. The summed E-state index contributed by atoms with van der Waals surface area (Å²) in [5.41, 5.74) is 4.41. The van der Waals surface area contributed by atoms with Crippen LogP contribution in [0.25, 0.3) is 0 Å². The number of nitrogens with zero attached hydrogens (tertiary/aromatic N) is 1. The topological polar surface area (TPSA) is 40.0 Å². The van der Waals surface area contributed by atoms with Gasteiger partial charge in [0.1, 0.15) is 25.2 Å². The fourth-order valence-corrected chi connectivity index (χ4v) is 2.79. The van der Waals surface area contributed by atoms with Crippen LogP contribution in [0.5, 0.6) is 11.5 Å². The Bertz CT molecular complexity index is 756. The lowest BCUT2D eigenvalue weighted by molar-refractivity contribution is 0.215. The summed E-state index contributed by atoms with van der Waals surface area (Å²) >= 11 is 0. The first kappa shape index (κ1) is 20.6. The average Bonchev–Trinajstić information content (AvgIpc) is 2.66. The quantitative estimate of drug-likeness (QED) is 0.337. The van der Waals surface area contributed by atoms with Crippen molar-refractivity contribution >= 4 is 6.21 Å². The summed E-state index contributed by atoms with van der Waals surface area (Å²) in [6.07, 6.45) is 5.66. The molecular weight excluding hydrogens is 338 g/mol. The molecule has 0 spiro atoms. The Balaban J connectivity index is 1.99. The van der Waals surface area contributed by atoms with Crippen LogP contribution in [0.15, 0.2) is 53.7 Å². The Morgan fingerprint density at radius 2 is 1.70 bits per heavy atom. The summed E-state index contributed by atoms with van der Waals surface area (Å²) in [7, 11) is 1.54. The van der Waals surface area contributed by atoms with Crippen molar-refractivity contribution in [3.05, 3.63) is 70.8 Å². The zero-order chi connectivity index (χ0) is 19.6. The standard InChI is InChI=1S/C23H29NO3/c1-6-7-12-26-22-13-17(2)23(18(3)14-22)27-16-19(4)21-10-8-20(9-11-21)15-24-25-5/h6-11,13-15,19H,12,16H2,1-5H3/b7-6+,24-15+. The van der Waals surface area contributed by atoms with Crippen molar-refractivity contribution in [2.45, 2.75) is 33.6 Å². The monoisotopic (exact) mass is 367 g/mol. The Morgan fingerprint density at radius 1 is 1.04 bits per heavy atom. The fraction of sp³-hybridized carbons (Fsp3) is 0.348. The van der Waals surface area contributed by atoms with Gasteiger partial charge in [0.05, 0.1) is 12.8 Å². The first-order valence-electron chi connectivity index (χ1n) is 9.19. The maximum Gasteiger partial charge on any atom is 0.125 e. The number of hydrogen-bond acceptors (Lipinski definition) is 4. The lowest BCUT2D eigenvalue weighted by atomic mass is 10.0. The first-order chi connectivity index (χ1) is 13.0. The predicted octanol–water partition coefficient (Wildman–Crippen LogP) is 5.42. The smallest absolute Gasteiger partial charge is 0.125 e. The molecule has 0 bridgehead atoms. The van der Waals surface area contributed by atoms with Crippen molar-refractivity contribution in [3.8, 4) is 11.5 Å². The molecule has 0 aliphatic heterocycles. The number of aryl methyl sites for hydroxylation is 2. The van der Waals surface area contributed by atoms with Gasteiger partial charge in [-0.05, 0) is 55.2 Å². The molecule has 1 atom stereocenters. The van der Waals surface area contributed by atoms with Crippen LogP contribution < -0.4 is 9.47 Å². The van der Waals surface area contributed by atoms with Crippen molar-refractivity contribution in [3.63, 3.8) is 0 Å². The fourth-order valence-electron chi connectivity index (χ4n) is 2.79.